The number of allylic oxidation sites excluding steroid dienone is 1. The molecular formula is C25H44N2O5Si. The maximum atomic E-state index is 13.4. The summed E-state index contributed by atoms with van der Waals surface area (Å²) in [6, 6.07) is 1.32. The predicted molar refractivity (Wildman–Crippen MR) is 131 cm³/mol. The van der Waals surface area contributed by atoms with Crippen molar-refractivity contribution in [2.75, 3.05) is 6.61 Å². The molecule has 0 aromatic rings. The predicted octanol–water partition coefficient (Wildman–Crippen LogP) is 5.62. The minimum absolute atomic E-state index is 0.0414. The molecule has 2 aliphatic rings. The van der Waals surface area contributed by atoms with Crippen LogP contribution in [0.4, 0.5) is 4.79 Å². The largest absolute Gasteiger partial charge is 0.444 e. The molecule has 0 aliphatic carbocycles. The zero-order valence-electron chi connectivity index (χ0n) is 22.4. The third-order valence-corrected chi connectivity index (χ3v) is 11.2. The third kappa shape index (κ3) is 6.59. The molecule has 2 rings (SSSR count). The number of hydrogen-bond acceptors (Lipinski definition) is 6. The van der Waals surface area contributed by atoms with Gasteiger partial charge in [0.05, 0.1) is 24.8 Å². The first-order valence-electron chi connectivity index (χ1n) is 12.0. The van der Waals surface area contributed by atoms with Crippen molar-refractivity contribution in [2.45, 2.75) is 123 Å². The van der Waals surface area contributed by atoms with E-state index in [9.17, 15) is 10.1 Å². The van der Waals surface area contributed by atoms with Crippen LogP contribution in [0.2, 0.25) is 18.1 Å². The zero-order chi connectivity index (χ0) is 25.4. The van der Waals surface area contributed by atoms with Crippen molar-refractivity contribution in [3.63, 3.8) is 0 Å². The molecular weight excluding hydrogens is 436 g/mol. The fourth-order valence-electron chi connectivity index (χ4n) is 4.20. The Morgan fingerprint density at radius 3 is 2.27 bits per heavy atom. The van der Waals surface area contributed by atoms with Gasteiger partial charge >= 0.3 is 6.09 Å². The fourth-order valence-corrected chi connectivity index (χ4v) is 5.53. The van der Waals surface area contributed by atoms with E-state index in [2.05, 4.69) is 46.0 Å². The van der Waals surface area contributed by atoms with E-state index in [0.29, 0.717) is 13.0 Å². The number of amides is 1. The molecule has 0 radical (unpaired) electrons. The van der Waals surface area contributed by atoms with Gasteiger partial charge in [-0.15, -0.1) is 0 Å². The van der Waals surface area contributed by atoms with Crippen molar-refractivity contribution >= 4 is 14.4 Å². The van der Waals surface area contributed by atoms with Gasteiger partial charge in [-0.3, -0.25) is 4.90 Å². The number of ether oxygens (including phenoxy) is 3. The molecule has 2 saturated heterocycles. The zero-order valence-corrected chi connectivity index (χ0v) is 23.4. The molecule has 0 aromatic heterocycles. The average molecular weight is 481 g/mol. The Hall–Kier alpha value is -1.40. The number of carbonyl (C=O) groups is 1. The van der Waals surface area contributed by atoms with E-state index >= 15 is 0 Å². The standard InChI is InChI=1S/C25H44N2O5Si/c1-12-13-17-14-18(15-26)27(22(28)31-23(2,3)4)20(17)21(19-16-29-25(8,9)30-19)32-33(10,11)24(5,6)7/h12-13,17-21H,14,16H2,1-11H3/b13-12-/t17-,18-,19?,20-,21-/m1/s1. The van der Waals surface area contributed by atoms with Crippen LogP contribution in [0.15, 0.2) is 12.2 Å². The van der Waals surface area contributed by atoms with E-state index in [1.165, 1.54) is 0 Å². The highest BCUT2D eigenvalue weighted by Gasteiger charge is 2.55. The van der Waals surface area contributed by atoms with E-state index in [0.717, 1.165) is 0 Å². The second-order valence-corrected chi connectivity index (χ2v) is 16.9. The highest BCUT2D eigenvalue weighted by atomic mass is 28.4. The molecule has 0 spiro atoms. The van der Waals surface area contributed by atoms with Gasteiger partial charge in [-0.1, -0.05) is 32.9 Å². The minimum Gasteiger partial charge on any atom is -0.444 e. The highest BCUT2D eigenvalue weighted by Crippen LogP contribution is 2.43. The monoisotopic (exact) mass is 480 g/mol. The van der Waals surface area contributed by atoms with E-state index in [-0.39, 0.29) is 17.1 Å². The van der Waals surface area contributed by atoms with E-state index in [1.54, 1.807) is 4.90 Å². The molecule has 0 bridgehead atoms. The van der Waals surface area contributed by atoms with Crippen LogP contribution in [0.3, 0.4) is 0 Å². The topological polar surface area (TPSA) is 81.0 Å². The van der Waals surface area contributed by atoms with Crippen LogP contribution in [0, 0.1) is 17.2 Å². The summed E-state index contributed by atoms with van der Waals surface area (Å²) in [6.07, 6.45) is 3.26. The Morgan fingerprint density at radius 1 is 1.24 bits per heavy atom. The lowest BCUT2D eigenvalue weighted by Gasteiger charge is -2.45. The summed E-state index contributed by atoms with van der Waals surface area (Å²) in [4.78, 5) is 15.0. The lowest BCUT2D eigenvalue weighted by molar-refractivity contribution is -0.154. The van der Waals surface area contributed by atoms with Crippen LogP contribution in [-0.4, -0.2) is 61.6 Å². The van der Waals surface area contributed by atoms with Crippen LogP contribution in [0.5, 0.6) is 0 Å². The van der Waals surface area contributed by atoms with Crippen LogP contribution >= 0.6 is 0 Å². The second kappa shape index (κ2) is 9.69. The molecule has 0 saturated carbocycles. The van der Waals surface area contributed by atoms with Crippen molar-refractivity contribution < 1.29 is 23.4 Å². The highest BCUT2D eigenvalue weighted by molar-refractivity contribution is 6.74. The van der Waals surface area contributed by atoms with Gasteiger partial charge in [-0.2, -0.15) is 5.26 Å². The lowest BCUT2D eigenvalue weighted by Crippen LogP contribution is -2.58. The van der Waals surface area contributed by atoms with E-state index in [4.69, 9.17) is 18.6 Å². The maximum absolute atomic E-state index is 13.4. The molecule has 0 N–H and O–H groups in total. The van der Waals surface area contributed by atoms with Gasteiger partial charge in [0.2, 0.25) is 0 Å². The van der Waals surface area contributed by atoms with Gasteiger partial charge in [-0.05, 0) is 66.1 Å². The van der Waals surface area contributed by atoms with Crippen molar-refractivity contribution in [1.82, 2.24) is 4.90 Å². The number of likely N-dealkylation sites (tertiary alicyclic amines) is 1. The number of nitriles is 1. The molecule has 8 heteroatoms. The van der Waals surface area contributed by atoms with Crippen molar-refractivity contribution in [3.8, 4) is 6.07 Å². The molecule has 188 valence electrons. The van der Waals surface area contributed by atoms with Gasteiger partial charge in [-0.25, -0.2) is 4.79 Å². The van der Waals surface area contributed by atoms with E-state index in [1.807, 2.05) is 47.6 Å². The molecule has 33 heavy (non-hydrogen) atoms. The van der Waals surface area contributed by atoms with Crippen LogP contribution in [-0.2, 0) is 18.6 Å². The average Bonchev–Trinajstić information content (AvgIpc) is 3.17. The van der Waals surface area contributed by atoms with Crippen molar-refractivity contribution in [3.05, 3.63) is 12.2 Å². The lowest BCUT2D eigenvalue weighted by atomic mass is 9.92. The Morgan fingerprint density at radius 2 is 1.85 bits per heavy atom. The summed E-state index contributed by atoms with van der Waals surface area (Å²) < 4.78 is 25.0. The summed E-state index contributed by atoms with van der Waals surface area (Å²) in [5.41, 5.74) is -0.676. The summed E-state index contributed by atoms with van der Waals surface area (Å²) in [5.74, 6) is -0.797. The van der Waals surface area contributed by atoms with Crippen LogP contribution in [0.25, 0.3) is 0 Å². The number of hydrogen-bond donors (Lipinski definition) is 0. The Bertz CT molecular complexity index is 775. The summed E-state index contributed by atoms with van der Waals surface area (Å²) in [5, 5.41) is 9.93. The third-order valence-electron chi connectivity index (χ3n) is 6.75. The molecule has 1 amide bonds. The molecule has 2 heterocycles. The van der Waals surface area contributed by atoms with E-state index < -0.39 is 44.0 Å². The first-order valence-corrected chi connectivity index (χ1v) is 14.9. The number of nitrogens with zero attached hydrogens (tertiary/aromatic N) is 2. The molecule has 7 nitrogen and oxygen atoms in total. The number of rotatable bonds is 5. The van der Waals surface area contributed by atoms with Crippen molar-refractivity contribution in [1.29, 1.82) is 5.26 Å². The Labute approximate surface area is 201 Å². The normalized spacial score (nSPS) is 29.3. The molecule has 0 aromatic carbocycles. The quantitative estimate of drug-likeness (QED) is 0.375. The van der Waals surface area contributed by atoms with Gasteiger partial charge in [0, 0.05) is 5.92 Å². The SMILES string of the molecule is C/C=C\[C@@H]1C[C@H](C#N)N(C(=O)OC(C)(C)C)[C@H]1[C@H](O[Si](C)(C)C(C)(C)C)C1COC(C)(C)O1. The van der Waals surface area contributed by atoms with Crippen molar-refractivity contribution in [2.24, 2.45) is 5.92 Å². The smallest absolute Gasteiger partial charge is 0.411 e. The molecule has 2 aliphatic heterocycles. The Balaban J connectivity index is 2.58. The number of carbonyl (C=O) groups excluding carboxylic acids is 1. The maximum Gasteiger partial charge on any atom is 0.411 e. The molecule has 2 fully saturated rings. The minimum atomic E-state index is -2.27. The van der Waals surface area contributed by atoms with Gasteiger partial charge in [0.15, 0.2) is 14.1 Å². The fraction of sp³-hybridized carbons (Fsp3) is 0.840. The first-order chi connectivity index (χ1) is 14.9. The van der Waals surface area contributed by atoms with Crippen LogP contribution in [0.1, 0.15) is 68.7 Å². The Kier molecular flexibility index (Phi) is 8.17. The molecule has 5 atom stereocenters. The summed E-state index contributed by atoms with van der Waals surface area (Å²) in [7, 11) is -2.27. The van der Waals surface area contributed by atoms with Gasteiger partial charge in [0.1, 0.15) is 17.7 Å². The molecule has 1 unspecified atom stereocenters. The summed E-state index contributed by atoms with van der Waals surface area (Å²) >= 11 is 0. The summed E-state index contributed by atoms with van der Waals surface area (Å²) in [6.45, 7) is 22.6. The second-order valence-electron chi connectivity index (χ2n) is 12.2. The first kappa shape index (κ1) is 27.8. The van der Waals surface area contributed by atoms with Crippen LogP contribution < -0.4 is 0 Å². The van der Waals surface area contributed by atoms with Gasteiger partial charge in [0.25, 0.3) is 0 Å². The van der Waals surface area contributed by atoms with Gasteiger partial charge < -0.3 is 18.6 Å².